The molecule has 0 aliphatic heterocycles. The molecule has 144 valence electrons. The second-order valence-corrected chi connectivity index (χ2v) is 6.62. The number of nitro groups is 1. The molecule has 0 saturated carbocycles. The van der Waals surface area contributed by atoms with Crippen LogP contribution in [0.3, 0.4) is 0 Å². The fourth-order valence-electron chi connectivity index (χ4n) is 2.36. The number of non-ortho nitro benzene ring substituents is 1. The lowest BCUT2D eigenvalue weighted by atomic mass is 10.2. The van der Waals surface area contributed by atoms with E-state index in [-0.39, 0.29) is 29.5 Å². The van der Waals surface area contributed by atoms with Crippen molar-refractivity contribution in [1.82, 2.24) is 9.78 Å². The Kier molecular flexibility index (Phi) is 6.13. The Bertz CT molecular complexity index is 1010. The summed E-state index contributed by atoms with van der Waals surface area (Å²) in [4.78, 5) is 22.8. The Morgan fingerprint density at radius 1 is 1.14 bits per heavy atom. The van der Waals surface area contributed by atoms with Crippen molar-refractivity contribution in [2.75, 3.05) is 5.32 Å². The lowest BCUT2D eigenvalue weighted by molar-refractivity contribution is -0.384. The summed E-state index contributed by atoms with van der Waals surface area (Å²) in [6, 6.07) is 10.6. The predicted molar refractivity (Wildman–Crippen MR) is 105 cm³/mol. The van der Waals surface area contributed by atoms with Crippen LogP contribution < -0.4 is 10.1 Å². The van der Waals surface area contributed by atoms with E-state index < -0.39 is 4.92 Å². The largest absolute Gasteiger partial charge is 0.457 e. The molecule has 1 amide bonds. The van der Waals surface area contributed by atoms with Crippen molar-refractivity contribution in [1.29, 1.82) is 0 Å². The molecule has 0 unspecified atom stereocenters. The Balaban J connectivity index is 1.72. The third-order valence-electron chi connectivity index (χ3n) is 3.60. The summed E-state index contributed by atoms with van der Waals surface area (Å²) in [6.45, 7) is 0.321. The van der Waals surface area contributed by atoms with E-state index in [2.05, 4.69) is 10.4 Å². The summed E-state index contributed by atoms with van der Waals surface area (Å²) in [6.07, 6.45) is 3.19. The summed E-state index contributed by atoms with van der Waals surface area (Å²) in [7, 11) is 0. The Labute approximate surface area is 169 Å². The van der Waals surface area contributed by atoms with Crippen molar-refractivity contribution in [2.45, 2.75) is 13.0 Å². The number of halogens is 2. The van der Waals surface area contributed by atoms with Crippen molar-refractivity contribution in [2.24, 2.45) is 0 Å². The molecule has 1 N–H and O–H groups in total. The lowest BCUT2D eigenvalue weighted by Crippen LogP contribution is -2.14. The molecule has 0 radical (unpaired) electrons. The molecule has 3 aromatic rings. The average molecular weight is 421 g/mol. The number of carbonyl (C=O) groups is 1. The summed E-state index contributed by atoms with van der Waals surface area (Å²) in [5, 5.41) is 18.8. The molecular formula is C18H14Cl2N4O4. The van der Waals surface area contributed by atoms with E-state index in [1.807, 2.05) is 0 Å². The van der Waals surface area contributed by atoms with E-state index in [4.69, 9.17) is 27.9 Å². The van der Waals surface area contributed by atoms with Gasteiger partial charge in [-0.1, -0.05) is 23.2 Å². The SMILES string of the molecule is O=C(CCn1cc(Cl)cn1)Nc1cc(Oc2ccc(Cl)cc2)cc([N+](=O)[O-])c1. The van der Waals surface area contributed by atoms with Gasteiger partial charge >= 0.3 is 0 Å². The van der Waals surface area contributed by atoms with Gasteiger partial charge in [0.2, 0.25) is 5.91 Å². The fraction of sp³-hybridized carbons (Fsp3) is 0.111. The maximum Gasteiger partial charge on any atom is 0.275 e. The van der Waals surface area contributed by atoms with Crippen LogP contribution in [0.1, 0.15) is 6.42 Å². The molecule has 0 saturated heterocycles. The van der Waals surface area contributed by atoms with Crippen LogP contribution >= 0.6 is 23.2 Å². The number of rotatable bonds is 7. The number of nitrogens with one attached hydrogen (secondary N) is 1. The second kappa shape index (κ2) is 8.73. The van der Waals surface area contributed by atoms with E-state index in [9.17, 15) is 14.9 Å². The van der Waals surface area contributed by atoms with Crippen LogP contribution in [0, 0.1) is 10.1 Å². The van der Waals surface area contributed by atoms with E-state index in [1.165, 1.54) is 29.1 Å². The van der Waals surface area contributed by atoms with Gasteiger partial charge in [-0.05, 0) is 24.3 Å². The summed E-state index contributed by atoms with van der Waals surface area (Å²) in [5.41, 5.74) is 0.0438. The van der Waals surface area contributed by atoms with Gasteiger partial charge in [0.05, 0.1) is 27.9 Å². The maximum absolute atomic E-state index is 12.2. The van der Waals surface area contributed by atoms with Crippen molar-refractivity contribution in [3.63, 3.8) is 0 Å². The number of anilines is 1. The molecule has 10 heteroatoms. The molecule has 1 heterocycles. The Morgan fingerprint density at radius 3 is 2.54 bits per heavy atom. The van der Waals surface area contributed by atoms with Gasteiger partial charge in [0, 0.05) is 36.3 Å². The first kappa shape index (κ1) is 19.7. The molecule has 2 aromatic carbocycles. The Morgan fingerprint density at radius 2 is 1.89 bits per heavy atom. The van der Waals surface area contributed by atoms with Gasteiger partial charge in [-0.3, -0.25) is 19.6 Å². The van der Waals surface area contributed by atoms with Gasteiger partial charge < -0.3 is 10.1 Å². The number of hydrogen-bond donors (Lipinski definition) is 1. The van der Waals surface area contributed by atoms with Crippen molar-refractivity contribution in [3.05, 3.63) is 75.0 Å². The third-order valence-corrected chi connectivity index (χ3v) is 4.05. The number of hydrogen-bond acceptors (Lipinski definition) is 5. The molecular weight excluding hydrogens is 407 g/mol. The van der Waals surface area contributed by atoms with Crippen LogP contribution in [-0.2, 0) is 11.3 Å². The summed E-state index contributed by atoms with van der Waals surface area (Å²) < 4.78 is 7.17. The van der Waals surface area contributed by atoms with Gasteiger partial charge in [0.1, 0.15) is 11.5 Å². The maximum atomic E-state index is 12.2. The number of aryl methyl sites for hydroxylation is 1. The van der Waals surface area contributed by atoms with E-state index >= 15 is 0 Å². The van der Waals surface area contributed by atoms with Crippen LogP contribution in [0.4, 0.5) is 11.4 Å². The number of ether oxygens (including phenoxy) is 1. The standard InChI is InChI=1S/C18H14Cl2N4O4/c19-12-1-3-16(4-2-12)28-17-8-14(7-15(9-17)24(26)27)22-18(25)5-6-23-11-13(20)10-21-23/h1-4,7-11H,5-6H2,(H,22,25). The van der Waals surface area contributed by atoms with Crippen LogP contribution in [0.25, 0.3) is 0 Å². The number of aromatic nitrogens is 2. The van der Waals surface area contributed by atoms with Gasteiger partial charge in [-0.15, -0.1) is 0 Å². The molecule has 8 nitrogen and oxygen atoms in total. The molecule has 0 atom stereocenters. The minimum absolute atomic E-state index is 0.119. The normalized spacial score (nSPS) is 10.5. The molecule has 0 aliphatic rings. The smallest absolute Gasteiger partial charge is 0.275 e. The highest BCUT2D eigenvalue weighted by atomic mass is 35.5. The zero-order chi connectivity index (χ0) is 20.1. The van der Waals surface area contributed by atoms with Crippen molar-refractivity contribution >= 4 is 40.5 Å². The van der Waals surface area contributed by atoms with E-state index in [1.54, 1.807) is 30.5 Å². The number of nitrogens with zero attached hydrogens (tertiary/aromatic N) is 3. The Hall–Kier alpha value is -3.10. The minimum Gasteiger partial charge on any atom is -0.457 e. The second-order valence-electron chi connectivity index (χ2n) is 5.75. The number of benzene rings is 2. The molecule has 0 bridgehead atoms. The van der Waals surface area contributed by atoms with Crippen LogP contribution in [0.2, 0.25) is 10.0 Å². The summed E-state index contributed by atoms with van der Waals surface area (Å²) >= 11 is 11.6. The number of amides is 1. The van der Waals surface area contributed by atoms with Crippen LogP contribution in [0.15, 0.2) is 54.9 Å². The van der Waals surface area contributed by atoms with E-state index in [0.29, 0.717) is 22.3 Å². The molecule has 1 aromatic heterocycles. The number of carbonyl (C=O) groups excluding carboxylic acids is 1. The molecule has 0 fully saturated rings. The monoisotopic (exact) mass is 420 g/mol. The van der Waals surface area contributed by atoms with Gasteiger partial charge in [-0.2, -0.15) is 5.10 Å². The first-order valence-electron chi connectivity index (χ1n) is 8.10. The van der Waals surface area contributed by atoms with Crippen molar-refractivity contribution < 1.29 is 14.5 Å². The van der Waals surface area contributed by atoms with Gasteiger partial charge in [0.15, 0.2) is 0 Å². The topological polar surface area (TPSA) is 99.3 Å². The fourth-order valence-corrected chi connectivity index (χ4v) is 2.64. The molecule has 3 rings (SSSR count). The van der Waals surface area contributed by atoms with Crippen LogP contribution in [-0.4, -0.2) is 20.6 Å². The summed E-state index contributed by atoms with van der Waals surface area (Å²) in [5.74, 6) is 0.341. The van der Waals surface area contributed by atoms with Crippen LogP contribution in [0.5, 0.6) is 11.5 Å². The van der Waals surface area contributed by atoms with Gasteiger partial charge in [0.25, 0.3) is 5.69 Å². The zero-order valence-corrected chi connectivity index (χ0v) is 15.9. The lowest BCUT2D eigenvalue weighted by Gasteiger charge is -2.10. The zero-order valence-electron chi connectivity index (χ0n) is 14.3. The van der Waals surface area contributed by atoms with Gasteiger partial charge in [-0.25, -0.2) is 0 Å². The highest BCUT2D eigenvalue weighted by Gasteiger charge is 2.13. The average Bonchev–Trinajstić information content (AvgIpc) is 3.07. The number of nitro benzene ring substituents is 1. The highest BCUT2D eigenvalue weighted by molar-refractivity contribution is 6.30. The predicted octanol–water partition coefficient (Wildman–Crippen LogP) is 4.92. The molecule has 0 aliphatic carbocycles. The quantitative estimate of drug-likeness (QED) is 0.431. The van der Waals surface area contributed by atoms with E-state index in [0.717, 1.165) is 0 Å². The molecule has 0 spiro atoms. The van der Waals surface area contributed by atoms with Crippen molar-refractivity contribution in [3.8, 4) is 11.5 Å². The molecule has 28 heavy (non-hydrogen) atoms. The highest BCUT2D eigenvalue weighted by Crippen LogP contribution is 2.30. The minimum atomic E-state index is -0.559. The third kappa shape index (κ3) is 5.45. The first-order valence-corrected chi connectivity index (χ1v) is 8.85. The first-order chi connectivity index (χ1) is 13.4.